The molecule has 4 heteroatoms. The van der Waals surface area contributed by atoms with Crippen molar-refractivity contribution in [1.82, 2.24) is 4.98 Å². The molecule has 0 spiro atoms. The Bertz CT molecular complexity index is 331. The van der Waals surface area contributed by atoms with Crippen LogP contribution in [0.5, 0.6) is 5.88 Å². The molecule has 1 rings (SSSR count). The number of rotatable bonds is 3. The van der Waals surface area contributed by atoms with Crippen molar-refractivity contribution < 1.29 is 4.74 Å². The Morgan fingerprint density at radius 2 is 2.07 bits per heavy atom. The van der Waals surface area contributed by atoms with E-state index in [2.05, 4.69) is 31.1 Å². The van der Waals surface area contributed by atoms with Crippen molar-refractivity contribution in [3.8, 4) is 5.88 Å². The van der Waals surface area contributed by atoms with Crippen LogP contribution < -0.4 is 15.8 Å². The van der Waals surface area contributed by atoms with E-state index in [0.717, 1.165) is 5.82 Å². The molecule has 0 bridgehead atoms. The van der Waals surface area contributed by atoms with Crippen LogP contribution in [-0.4, -0.2) is 17.1 Å². The van der Waals surface area contributed by atoms with E-state index in [-0.39, 0.29) is 5.54 Å². The smallest absolute Gasteiger partial charge is 0.239 e. The number of ether oxygens (including phenoxy) is 1. The maximum Gasteiger partial charge on any atom is 0.239 e. The van der Waals surface area contributed by atoms with Crippen LogP contribution in [0.25, 0.3) is 0 Å². The molecule has 0 aromatic carbocycles. The molecule has 0 atom stereocenters. The number of nitrogen functional groups attached to an aromatic ring is 1. The first-order valence-electron chi connectivity index (χ1n) is 5.10. The summed E-state index contributed by atoms with van der Waals surface area (Å²) in [6.45, 7) is 8.70. The molecule has 0 saturated carbocycles. The lowest BCUT2D eigenvalue weighted by atomic mass is 10.1. The van der Waals surface area contributed by atoms with Gasteiger partial charge in [-0.2, -0.15) is 4.98 Å². The summed E-state index contributed by atoms with van der Waals surface area (Å²) < 4.78 is 5.32. The summed E-state index contributed by atoms with van der Waals surface area (Å²) in [5.41, 5.74) is 6.27. The molecular formula is C11H19N3O. The summed E-state index contributed by atoms with van der Waals surface area (Å²) in [5.74, 6) is 1.27. The molecule has 0 saturated heterocycles. The Morgan fingerprint density at radius 1 is 1.40 bits per heavy atom. The summed E-state index contributed by atoms with van der Waals surface area (Å²) in [7, 11) is 0. The number of aromatic nitrogens is 1. The SMILES string of the molecule is CCOc1nc(NC(C)(C)C)ccc1N. The van der Waals surface area contributed by atoms with Gasteiger partial charge in [0.25, 0.3) is 0 Å². The molecular weight excluding hydrogens is 190 g/mol. The fourth-order valence-corrected chi connectivity index (χ4v) is 1.16. The van der Waals surface area contributed by atoms with Crippen LogP contribution in [-0.2, 0) is 0 Å². The Hall–Kier alpha value is -1.45. The molecule has 15 heavy (non-hydrogen) atoms. The van der Waals surface area contributed by atoms with Crippen LogP contribution >= 0.6 is 0 Å². The maximum absolute atomic E-state index is 5.72. The van der Waals surface area contributed by atoms with E-state index >= 15 is 0 Å². The fraction of sp³-hybridized carbons (Fsp3) is 0.545. The van der Waals surface area contributed by atoms with Gasteiger partial charge in [-0.1, -0.05) is 0 Å². The van der Waals surface area contributed by atoms with E-state index in [1.54, 1.807) is 6.07 Å². The highest BCUT2D eigenvalue weighted by molar-refractivity contribution is 5.54. The highest BCUT2D eigenvalue weighted by Gasteiger charge is 2.11. The van der Waals surface area contributed by atoms with E-state index in [0.29, 0.717) is 18.2 Å². The lowest BCUT2D eigenvalue weighted by Gasteiger charge is -2.21. The Labute approximate surface area is 90.8 Å². The molecule has 0 aliphatic carbocycles. The normalized spacial score (nSPS) is 11.2. The third-order valence-corrected chi connectivity index (χ3v) is 1.67. The van der Waals surface area contributed by atoms with Crippen LogP contribution in [0.2, 0.25) is 0 Å². The minimum Gasteiger partial charge on any atom is -0.476 e. The number of pyridine rings is 1. The Kier molecular flexibility index (Phi) is 3.39. The zero-order chi connectivity index (χ0) is 11.5. The van der Waals surface area contributed by atoms with Crippen molar-refractivity contribution in [2.45, 2.75) is 33.2 Å². The first-order chi connectivity index (χ1) is 6.92. The van der Waals surface area contributed by atoms with Gasteiger partial charge in [0, 0.05) is 5.54 Å². The molecule has 84 valence electrons. The molecule has 0 radical (unpaired) electrons. The summed E-state index contributed by atoms with van der Waals surface area (Å²) >= 11 is 0. The monoisotopic (exact) mass is 209 g/mol. The van der Waals surface area contributed by atoms with Crippen molar-refractivity contribution in [2.24, 2.45) is 0 Å². The van der Waals surface area contributed by atoms with Crippen LogP contribution in [0.1, 0.15) is 27.7 Å². The number of hydrogen-bond donors (Lipinski definition) is 2. The molecule has 0 aliphatic rings. The molecule has 4 nitrogen and oxygen atoms in total. The van der Waals surface area contributed by atoms with Crippen LogP contribution in [0.3, 0.4) is 0 Å². The quantitative estimate of drug-likeness (QED) is 0.801. The first-order valence-corrected chi connectivity index (χ1v) is 5.10. The molecule has 0 fully saturated rings. The zero-order valence-corrected chi connectivity index (χ0v) is 9.79. The Morgan fingerprint density at radius 3 is 2.60 bits per heavy atom. The molecule has 1 heterocycles. The number of hydrogen-bond acceptors (Lipinski definition) is 4. The van der Waals surface area contributed by atoms with Gasteiger partial charge in [-0.25, -0.2) is 0 Å². The lowest BCUT2D eigenvalue weighted by Crippen LogP contribution is -2.26. The third kappa shape index (κ3) is 3.65. The van der Waals surface area contributed by atoms with Gasteiger partial charge in [-0.05, 0) is 39.8 Å². The van der Waals surface area contributed by atoms with Crippen molar-refractivity contribution >= 4 is 11.5 Å². The van der Waals surface area contributed by atoms with Gasteiger partial charge in [0.15, 0.2) is 0 Å². The van der Waals surface area contributed by atoms with E-state index in [1.807, 2.05) is 13.0 Å². The second-order valence-electron chi connectivity index (χ2n) is 4.40. The van der Waals surface area contributed by atoms with Gasteiger partial charge in [-0.3, -0.25) is 0 Å². The molecule has 1 aromatic heterocycles. The predicted molar refractivity (Wildman–Crippen MR) is 63.2 cm³/mol. The van der Waals surface area contributed by atoms with Crippen LogP contribution in [0.4, 0.5) is 11.5 Å². The van der Waals surface area contributed by atoms with Crippen molar-refractivity contribution in [2.75, 3.05) is 17.7 Å². The average molecular weight is 209 g/mol. The topological polar surface area (TPSA) is 60.2 Å². The van der Waals surface area contributed by atoms with E-state index in [4.69, 9.17) is 10.5 Å². The van der Waals surface area contributed by atoms with Gasteiger partial charge in [-0.15, -0.1) is 0 Å². The average Bonchev–Trinajstić information content (AvgIpc) is 2.09. The third-order valence-electron chi connectivity index (χ3n) is 1.67. The van der Waals surface area contributed by atoms with E-state index < -0.39 is 0 Å². The molecule has 0 amide bonds. The van der Waals surface area contributed by atoms with Gasteiger partial charge in [0.05, 0.1) is 12.3 Å². The standard InChI is InChI=1S/C11H19N3O/c1-5-15-10-8(12)6-7-9(13-10)14-11(2,3)4/h6-7H,5,12H2,1-4H3,(H,13,14). The highest BCUT2D eigenvalue weighted by Crippen LogP contribution is 2.22. The summed E-state index contributed by atoms with van der Waals surface area (Å²) in [6.07, 6.45) is 0. The van der Waals surface area contributed by atoms with Gasteiger partial charge < -0.3 is 15.8 Å². The van der Waals surface area contributed by atoms with Gasteiger partial charge in [0.1, 0.15) is 5.82 Å². The predicted octanol–water partition coefficient (Wildman–Crippen LogP) is 2.27. The number of anilines is 2. The summed E-state index contributed by atoms with van der Waals surface area (Å²) in [6, 6.07) is 3.65. The second-order valence-corrected chi connectivity index (χ2v) is 4.40. The Balaban J connectivity index is 2.87. The number of nitrogens with two attached hydrogens (primary N) is 1. The molecule has 1 aromatic rings. The summed E-state index contributed by atoms with van der Waals surface area (Å²) in [5, 5.41) is 3.26. The van der Waals surface area contributed by atoms with Crippen molar-refractivity contribution in [3.63, 3.8) is 0 Å². The summed E-state index contributed by atoms with van der Waals surface area (Å²) in [4.78, 5) is 4.29. The van der Waals surface area contributed by atoms with Crippen LogP contribution in [0.15, 0.2) is 12.1 Å². The largest absolute Gasteiger partial charge is 0.476 e. The van der Waals surface area contributed by atoms with Crippen molar-refractivity contribution in [3.05, 3.63) is 12.1 Å². The lowest BCUT2D eigenvalue weighted by molar-refractivity contribution is 0.329. The van der Waals surface area contributed by atoms with Gasteiger partial charge >= 0.3 is 0 Å². The van der Waals surface area contributed by atoms with E-state index in [9.17, 15) is 0 Å². The molecule has 3 N–H and O–H groups in total. The number of nitrogens with zero attached hydrogens (tertiary/aromatic N) is 1. The maximum atomic E-state index is 5.72. The molecule has 0 aliphatic heterocycles. The first kappa shape index (κ1) is 11.6. The van der Waals surface area contributed by atoms with E-state index in [1.165, 1.54) is 0 Å². The minimum atomic E-state index is -0.0212. The number of nitrogens with one attached hydrogen (secondary N) is 1. The second kappa shape index (κ2) is 4.38. The highest BCUT2D eigenvalue weighted by atomic mass is 16.5. The minimum absolute atomic E-state index is 0.0212. The van der Waals surface area contributed by atoms with Crippen molar-refractivity contribution in [1.29, 1.82) is 0 Å². The van der Waals surface area contributed by atoms with Gasteiger partial charge in [0.2, 0.25) is 5.88 Å². The molecule has 0 unspecified atom stereocenters. The van der Waals surface area contributed by atoms with Crippen LogP contribution in [0, 0.1) is 0 Å². The zero-order valence-electron chi connectivity index (χ0n) is 9.79. The fourth-order valence-electron chi connectivity index (χ4n) is 1.16.